The Morgan fingerprint density at radius 3 is 2.75 bits per heavy atom. The largest absolute Gasteiger partial charge is 0.377 e. The molecule has 1 aromatic rings. The standard InChI is InChI=1S/C14H16O2/c1-16-14-9-5-8-13(15)12(14)10-11-6-3-2-4-7-11/h2-4,6-7,10,14H,5,8-9H2,1H3. The maximum Gasteiger partial charge on any atom is 0.161 e. The summed E-state index contributed by atoms with van der Waals surface area (Å²) in [6, 6.07) is 9.92. The van der Waals surface area contributed by atoms with Crippen LogP contribution in [0.4, 0.5) is 0 Å². The third kappa shape index (κ3) is 2.39. The predicted octanol–water partition coefficient (Wildman–Crippen LogP) is 2.84. The Kier molecular flexibility index (Phi) is 3.52. The highest BCUT2D eigenvalue weighted by Gasteiger charge is 2.24. The zero-order valence-corrected chi connectivity index (χ0v) is 9.48. The van der Waals surface area contributed by atoms with Crippen LogP contribution in [0.3, 0.4) is 0 Å². The van der Waals surface area contributed by atoms with Crippen LogP contribution in [0.2, 0.25) is 0 Å². The number of methoxy groups -OCH3 is 1. The average Bonchev–Trinajstić information content (AvgIpc) is 2.33. The fourth-order valence-electron chi connectivity index (χ4n) is 2.07. The van der Waals surface area contributed by atoms with Crippen LogP contribution in [0.25, 0.3) is 6.08 Å². The van der Waals surface area contributed by atoms with Crippen molar-refractivity contribution in [2.45, 2.75) is 25.4 Å². The van der Waals surface area contributed by atoms with Crippen molar-refractivity contribution in [3.05, 3.63) is 41.5 Å². The molecule has 1 aliphatic carbocycles. The van der Waals surface area contributed by atoms with E-state index in [4.69, 9.17) is 4.74 Å². The molecule has 0 aliphatic heterocycles. The van der Waals surface area contributed by atoms with Crippen LogP contribution >= 0.6 is 0 Å². The molecule has 1 saturated carbocycles. The van der Waals surface area contributed by atoms with Crippen molar-refractivity contribution in [2.75, 3.05) is 7.11 Å². The Morgan fingerprint density at radius 2 is 2.06 bits per heavy atom. The highest BCUT2D eigenvalue weighted by atomic mass is 16.5. The minimum atomic E-state index is -0.0264. The van der Waals surface area contributed by atoms with E-state index in [0.717, 1.165) is 24.0 Å². The van der Waals surface area contributed by atoms with Gasteiger partial charge in [-0.2, -0.15) is 0 Å². The van der Waals surface area contributed by atoms with Gasteiger partial charge < -0.3 is 4.74 Å². The Hall–Kier alpha value is -1.41. The van der Waals surface area contributed by atoms with Gasteiger partial charge in [-0.25, -0.2) is 0 Å². The first-order valence-corrected chi connectivity index (χ1v) is 5.64. The molecule has 2 heteroatoms. The molecular formula is C14H16O2. The third-order valence-corrected chi connectivity index (χ3v) is 2.95. The highest BCUT2D eigenvalue weighted by molar-refractivity contribution is 6.01. The summed E-state index contributed by atoms with van der Waals surface area (Å²) in [6.45, 7) is 0. The molecule has 0 radical (unpaired) electrons. The number of hydrogen-bond acceptors (Lipinski definition) is 2. The molecule has 0 N–H and O–H groups in total. The van der Waals surface area contributed by atoms with Crippen molar-refractivity contribution in [3.8, 4) is 0 Å². The minimum absolute atomic E-state index is 0.0264. The van der Waals surface area contributed by atoms with Crippen LogP contribution in [-0.2, 0) is 9.53 Å². The lowest BCUT2D eigenvalue weighted by Gasteiger charge is -2.22. The van der Waals surface area contributed by atoms with Crippen LogP contribution in [0, 0.1) is 0 Å². The third-order valence-electron chi connectivity index (χ3n) is 2.95. The molecule has 16 heavy (non-hydrogen) atoms. The van der Waals surface area contributed by atoms with E-state index in [2.05, 4.69) is 0 Å². The minimum Gasteiger partial charge on any atom is -0.377 e. The summed E-state index contributed by atoms with van der Waals surface area (Å²) >= 11 is 0. The second-order valence-electron chi connectivity index (χ2n) is 4.05. The summed E-state index contributed by atoms with van der Waals surface area (Å²) < 4.78 is 5.36. The van der Waals surface area contributed by atoms with Crippen LogP contribution in [0.1, 0.15) is 24.8 Å². The van der Waals surface area contributed by atoms with Gasteiger partial charge in [0.25, 0.3) is 0 Å². The highest BCUT2D eigenvalue weighted by Crippen LogP contribution is 2.24. The van der Waals surface area contributed by atoms with Crippen LogP contribution in [0.15, 0.2) is 35.9 Å². The first-order valence-electron chi connectivity index (χ1n) is 5.64. The molecule has 1 atom stereocenters. The summed E-state index contributed by atoms with van der Waals surface area (Å²) in [6.07, 6.45) is 4.46. The zero-order chi connectivity index (χ0) is 11.4. The van der Waals surface area contributed by atoms with Gasteiger partial charge in [0, 0.05) is 19.1 Å². The molecule has 0 spiro atoms. The quantitative estimate of drug-likeness (QED) is 0.710. The van der Waals surface area contributed by atoms with E-state index in [0.29, 0.717) is 6.42 Å². The molecule has 2 nitrogen and oxygen atoms in total. The van der Waals surface area contributed by atoms with Crippen LogP contribution in [0.5, 0.6) is 0 Å². The molecule has 0 saturated heterocycles. The number of ether oxygens (including phenoxy) is 1. The van der Waals surface area contributed by atoms with Crippen molar-refractivity contribution < 1.29 is 9.53 Å². The molecule has 84 valence electrons. The predicted molar refractivity (Wildman–Crippen MR) is 64.1 cm³/mol. The molecular weight excluding hydrogens is 200 g/mol. The Labute approximate surface area is 95.9 Å². The number of hydrogen-bond donors (Lipinski definition) is 0. The number of carbonyl (C=O) groups is 1. The topological polar surface area (TPSA) is 26.3 Å². The molecule has 1 fully saturated rings. The van der Waals surface area contributed by atoms with Gasteiger partial charge in [-0.15, -0.1) is 0 Å². The first kappa shape index (κ1) is 11.1. The number of rotatable bonds is 2. The summed E-state index contributed by atoms with van der Waals surface area (Å²) in [7, 11) is 1.67. The molecule has 2 rings (SSSR count). The maximum atomic E-state index is 11.8. The van der Waals surface area contributed by atoms with Crippen molar-refractivity contribution in [1.82, 2.24) is 0 Å². The molecule has 1 aliphatic rings. The summed E-state index contributed by atoms with van der Waals surface area (Å²) in [4.78, 5) is 11.8. The zero-order valence-electron chi connectivity index (χ0n) is 9.48. The molecule has 0 amide bonds. The fraction of sp³-hybridized carbons (Fsp3) is 0.357. The van der Waals surface area contributed by atoms with Crippen LogP contribution in [-0.4, -0.2) is 19.0 Å². The van der Waals surface area contributed by atoms with Gasteiger partial charge in [0.05, 0.1) is 6.10 Å². The Bertz CT molecular complexity index is 392. The Balaban J connectivity index is 2.28. The number of benzene rings is 1. The van der Waals surface area contributed by atoms with Gasteiger partial charge in [-0.05, 0) is 24.5 Å². The molecule has 1 aromatic carbocycles. The van der Waals surface area contributed by atoms with Crippen molar-refractivity contribution in [3.63, 3.8) is 0 Å². The summed E-state index contributed by atoms with van der Waals surface area (Å²) in [5.74, 6) is 0.224. The number of carbonyl (C=O) groups excluding carboxylic acids is 1. The fourth-order valence-corrected chi connectivity index (χ4v) is 2.07. The van der Waals surface area contributed by atoms with E-state index >= 15 is 0 Å². The lowest BCUT2D eigenvalue weighted by atomic mass is 9.89. The average molecular weight is 216 g/mol. The molecule has 0 bridgehead atoms. The van der Waals surface area contributed by atoms with E-state index in [1.807, 2.05) is 36.4 Å². The lowest BCUT2D eigenvalue weighted by Crippen LogP contribution is -2.25. The van der Waals surface area contributed by atoms with Gasteiger partial charge >= 0.3 is 0 Å². The maximum absolute atomic E-state index is 11.8. The normalized spacial score (nSPS) is 23.7. The monoisotopic (exact) mass is 216 g/mol. The van der Waals surface area contributed by atoms with Gasteiger partial charge in [0.1, 0.15) is 0 Å². The molecule has 0 heterocycles. The van der Waals surface area contributed by atoms with Gasteiger partial charge in [-0.1, -0.05) is 30.3 Å². The van der Waals surface area contributed by atoms with Crippen molar-refractivity contribution >= 4 is 11.9 Å². The van der Waals surface area contributed by atoms with E-state index in [1.165, 1.54) is 0 Å². The van der Waals surface area contributed by atoms with Gasteiger partial charge in [0.2, 0.25) is 0 Å². The summed E-state index contributed by atoms with van der Waals surface area (Å²) in [5.41, 5.74) is 1.88. The van der Waals surface area contributed by atoms with Crippen molar-refractivity contribution in [1.29, 1.82) is 0 Å². The van der Waals surface area contributed by atoms with Crippen LogP contribution < -0.4 is 0 Å². The lowest BCUT2D eigenvalue weighted by molar-refractivity contribution is -0.118. The van der Waals surface area contributed by atoms with E-state index in [9.17, 15) is 4.79 Å². The number of ketones is 1. The van der Waals surface area contributed by atoms with Gasteiger partial charge in [-0.3, -0.25) is 4.79 Å². The van der Waals surface area contributed by atoms with E-state index < -0.39 is 0 Å². The second kappa shape index (κ2) is 5.08. The summed E-state index contributed by atoms with van der Waals surface area (Å²) in [5, 5.41) is 0. The van der Waals surface area contributed by atoms with Gasteiger partial charge in [0.15, 0.2) is 5.78 Å². The smallest absolute Gasteiger partial charge is 0.161 e. The van der Waals surface area contributed by atoms with E-state index in [-0.39, 0.29) is 11.9 Å². The number of Topliss-reactive ketones (excluding diaryl/α,β-unsaturated/α-hetero) is 1. The SMILES string of the molecule is COC1CCCC(=O)C1=Cc1ccccc1. The Morgan fingerprint density at radius 1 is 1.31 bits per heavy atom. The molecule has 1 unspecified atom stereocenters. The second-order valence-corrected chi connectivity index (χ2v) is 4.05. The molecule has 0 aromatic heterocycles. The van der Waals surface area contributed by atoms with E-state index in [1.54, 1.807) is 7.11 Å². The van der Waals surface area contributed by atoms with Crippen molar-refractivity contribution in [2.24, 2.45) is 0 Å². The first-order chi connectivity index (χ1) is 7.81.